The van der Waals surface area contributed by atoms with E-state index in [1.165, 1.54) is 0 Å². The fourth-order valence-corrected chi connectivity index (χ4v) is 2.73. The Kier molecular flexibility index (Phi) is 6.30. The number of nitrogens with zero attached hydrogens (tertiary/aromatic N) is 2. The lowest BCUT2D eigenvalue weighted by atomic mass is 10.1. The number of benzene rings is 1. The van der Waals surface area contributed by atoms with E-state index in [9.17, 15) is 4.79 Å². The quantitative estimate of drug-likeness (QED) is 0.867. The highest BCUT2D eigenvalue weighted by Crippen LogP contribution is 2.24. The molecule has 0 spiro atoms. The van der Waals surface area contributed by atoms with E-state index in [1.54, 1.807) is 35.1 Å². The predicted octanol–water partition coefficient (Wildman–Crippen LogP) is 3.08. The Morgan fingerprint density at radius 2 is 1.96 bits per heavy atom. The molecule has 0 bridgehead atoms. The maximum atomic E-state index is 12.2. The van der Waals surface area contributed by atoms with Crippen LogP contribution < -0.4 is 10.6 Å². The SMILES string of the molecule is Cl.O=C(NC1CCNCC1)c1ccn(-c2ccc(Cl)c(Cl)c2)n1. The molecular formula is C15H17Cl3N4O. The molecule has 1 aliphatic heterocycles. The van der Waals surface area contributed by atoms with Crippen LogP contribution in [0.25, 0.3) is 5.69 Å². The molecule has 1 saturated heterocycles. The Morgan fingerprint density at radius 3 is 2.65 bits per heavy atom. The van der Waals surface area contributed by atoms with Gasteiger partial charge < -0.3 is 10.6 Å². The lowest BCUT2D eigenvalue weighted by Gasteiger charge is -2.23. The highest BCUT2D eigenvalue weighted by Gasteiger charge is 2.18. The molecule has 1 aromatic heterocycles. The van der Waals surface area contributed by atoms with Gasteiger partial charge in [0.1, 0.15) is 0 Å². The van der Waals surface area contributed by atoms with Gasteiger partial charge in [-0.2, -0.15) is 5.10 Å². The first-order valence-corrected chi connectivity index (χ1v) is 7.92. The molecule has 0 saturated carbocycles. The molecule has 2 heterocycles. The number of nitrogens with one attached hydrogen (secondary N) is 2. The third-order valence-corrected chi connectivity index (χ3v) is 4.40. The lowest BCUT2D eigenvalue weighted by molar-refractivity contribution is 0.0924. The Hall–Kier alpha value is -1.27. The van der Waals surface area contributed by atoms with Gasteiger partial charge in [-0.3, -0.25) is 4.79 Å². The van der Waals surface area contributed by atoms with Crippen molar-refractivity contribution in [2.75, 3.05) is 13.1 Å². The molecule has 23 heavy (non-hydrogen) atoms. The molecule has 2 aromatic rings. The third-order valence-electron chi connectivity index (χ3n) is 3.66. The van der Waals surface area contributed by atoms with Gasteiger partial charge in [0, 0.05) is 12.2 Å². The number of amides is 1. The van der Waals surface area contributed by atoms with Gasteiger partial charge in [0.25, 0.3) is 5.91 Å². The second kappa shape index (κ2) is 8.02. The molecule has 8 heteroatoms. The standard InChI is InChI=1S/C15H16Cl2N4O.ClH/c16-12-2-1-11(9-13(12)17)21-8-5-14(20-21)15(22)19-10-3-6-18-7-4-10;/h1-2,5,8-10,18H,3-4,6-7H2,(H,19,22);1H. The van der Waals surface area contributed by atoms with Gasteiger partial charge in [0.2, 0.25) is 0 Å². The van der Waals surface area contributed by atoms with Gasteiger partial charge in [-0.1, -0.05) is 23.2 Å². The normalized spacial score (nSPS) is 15.0. The Balaban J connectivity index is 0.00000192. The van der Waals surface area contributed by atoms with E-state index in [0.717, 1.165) is 31.6 Å². The first-order valence-electron chi connectivity index (χ1n) is 7.16. The molecule has 3 rings (SSSR count). The van der Waals surface area contributed by atoms with Crippen LogP contribution in [-0.2, 0) is 0 Å². The highest BCUT2D eigenvalue weighted by atomic mass is 35.5. The van der Waals surface area contributed by atoms with Crippen LogP contribution >= 0.6 is 35.6 Å². The van der Waals surface area contributed by atoms with Gasteiger partial charge >= 0.3 is 0 Å². The van der Waals surface area contributed by atoms with Gasteiger partial charge in [-0.25, -0.2) is 4.68 Å². The summed E-state index contributed by atoms with van der Waals surface area (Å²) in [6, 6.07) is 7.12. The van der Waals surface area contributed by atoms with Crippen molar-refractivity contribution in [3.05, 3.63) is 46.2 Å². The largest absolute Gasteiger partial charge is 0.348 e. The molecular weight excluding hydrogens is 359 g/mol. The minimum atomic E-state index is -0.147. The number of aromatic nitrogens is 2. The number of hydrogen-bond acceptors (Lipinski definition) is 3. The van der Waals surface area contributed by atoms with Gasteiger partial charge in [-0.05, 0) is 50.2 Å². The zero-order valence-corrected chi connectivity index (χ0v) is 14.6. The molecule has 0 aliphatic carbocycles. The van der Waals surface area contributed by atoms with Crippen molar-refractivity contribution in [2.24, 2.45) is 0 Å². The molecule has 124 valence electrons. The first-order chi connectivity index (χ1) is 10.6. The molecule has 0 radical (unpaired) electrons. The van der Waals surface area contributed by atoms with Crippen LogP contribution in [0.4, 0.5) is 0 Å². The van der Waals surface area contributed by atoms with Crippen molar-refractivity contribution in [2.45, 2.75) is 18.9 Å². The molecule has 1 aliphatic rings. The summed E-state index contributed by atoms with van der Waals surface area (Å²) in [6.45, 7) is 1.87. The van der Waals surface area contributed by atoms with Crippen molar-refractivity contribution in [3.8, 4) is 5.69 Å². The summed E-state index contributed by atoms with van der Waals surface area (Å²) >= 11 is 11.9. The number of rotatable bonds is 3. The van der Waals surface area contributed by atoms with Crippen molar-refractivity contribution >= 4 is 41.5 Å². The predicted molar refractivity (Wildman–Crippen MR) is 94.2 cm³/mol. The molecule has 5 nitrogen and oxygen atoms in total. The molecule has 1 fully saturated rings. The van der Waals surface area contributed by atoms with Crippen LogP contribution in [0.15, 0.2) is 30.5 Å². The first kappa shape index (κ1) is 18.1. The fraction of sp³-hybridized carbons (Fsp3) is 0.333. The summed E-state index contributed by atoms with van der Waals surface area (Å²) in [5, 5.41) is 11.5. The van der Waals surface area contributed by atoms with Crippen LogP contribution in [0.3, 0.4) is 0 Å². The van der Waals surface area contributed by atoms with Crippen LogP contribution in [0.1, 0.15) is 23.3 Å². The van der Waals surface area contributed by atoms with Crippen LogP contribution in [-0.4, -0.2) is 34.8 Å². The Bertz CT molecular complexity index is 683. The molecule has 0 atom stereocenters. The Labute approximate surface area is 150 Å². The van der Waals surface area contributed by atoms with Crippen LogP contribution in [0.2, 0.25) is 10.0 Å². The van der Waals surface area contributed by atoms with Crippen LogP contribution in [0, 0.1) is 0 Å². The summed E-state index contributed by atoms with van der Waals surface area (Å²) in [4.78, 5) is 12.2. The van der Waals surface area contributed by atoms with E-state index < -0.39 is 0 Å². The van der Waals surface area contributed by atoms with E-state index in [4.69, 9.17) is 23.2 Å². The van der Waals surface area contributed by atoms with Crippen molar-refractivity contribution in [1.29, 1.82) is 0 Å². The maximum Gasteiger partial charge on any atom is 0.272 e. The average molecular weight is 376 g/mol. The minimum Gasteiger partial charge on any atom is -0.348 e. The second-order valence-corrected chi connectivity index (χ2v) is 6.06. The average Bonchev–Trinajstić information content (AvgIpc) is 3.01. The number of halogens is 3. The number of carbonyl (C=O) groups excluding carboxylic acids is 1. The van der Waals surface area contributed by atoms with Crippen molar-refractivity contribution in [3.63, 3.8) is 0 Å². The summed E-state index contributed by atoms with van der Waals surface area (Å²) in [7, 11) is 0. The van der Waals surface area contributed by atoms with Crippen molar-refractivity contribution in [1.82, 2.24) is 20.4 Å². The summed E-state index contributed by atoms with van der Waals surface area (Å²) in [5.74, 6) is -0.147. The molecule has 0 unspecified atom stereocenters. The minimum absolute atomic E-state index is 0. The topological polar surface area (TPSA) is 59.0 Å². The van der Waals surface area contributed by atoms with E-state index in [-0.39, 0.29) is 24.4 Å². The zero-order chi connectivity index (χ0) is 15.5. The summed E-state index contributed by atoms with van der Waals surface area (Å²) in [6.07, 6.45) is 3.62. The van der Waals surface area contributed by atoms with Crippen molar-refractivity contribution < 1.29 is 4.79 Å². The van der Waals surface area contributed by atoms with Crippen LogP contribution in [0.5, 0.6) is 0 Å². The van der Waals surface area contributed by atoms with E-state index in [1.807, 2.05) is 0 Å². The Morgan fingerprint density at radius 1 is 1.22 bits per heavy atom. The van der Waals surface area contributed by atoms with E-state index >= 15 is 0 Å². The third kappa shape index (κ3) is 4.38. The fourth-order valence-electron chi connectivity index (χ4n) is 2.44. The molecule has 1 amide bonds. The summed E-state index contributed by atoms with van der Waals surface area (Å²) < 4.78 is 1.61. The van der Waals surface area contributed by atoms with Gasteiger partial charge in [0.15, 0.2) is 5.69 Å². The van der Waals surface area contributed by atoms with E-state index in [2.05, 4.69) is 15.7 Å². The second-order valence-electron chi connectivity index (χ2n) is 5.24. The number of piperidine rings is 1. The monoisotopic (exact) mass is 374 g/mol. The molecule has 1 aromatic carbocycles. The highest BCUT2D eigenvalue weighted by molar-refractivity contribution is 6.42. The van der Waals surface area contributed by atoms with Gasteiger partial charge in [0.05, 0.1) is 15.7 Å². The van der Waals surface area contributed by atoms with Gasteiger partial charge in [-0.15, -0.1) is 12.4 Å². The lowest BCUT2D eigenvalue weighted by Crippen LogP contribution is -2.42. The molecule has 2 N–H and O–H groups in total. The van der Waals surface area contributed by atoms with E-state index in [0.29, 0.717) is 15.7 Å². The smallest absolute Gasteiger partial charge is 0.272 e. The zero-order valence-electron chi connectivity index (χ0n) is 12.3. The number of carbonyl (C=O) groups is 1. The maximum absolute atomic E-state index is 12.2. The number of hydrogen-bond donors (Lipinski definition) is 2. The summed E-state index contributed by atoms with van der Waals surface area (Å²) in [5.41, 5.74) is 1.15.